The molecule has 0 bridgehead atoms. The summed E-state index contributed by atoms with van der Waals surface area (Å²) in [6, 6.07) is 17.5. The minimum atomic E-state index is -0.404. The van der Waals surface area contributed by atoms with E-state index >= 15 is 0 Å². The van der Waals surface area contributed by atoms with Crippen molar-refractivity contribution in [3.05, 3.63) is 65.3 Å². The van der Waals surface area contributed by atoms with E-state index in [0.29, 0.717) is 18.1 Å². The van der Waals surface area contributed by atoms with Crippen molar-refractivity contribution >= 4 is 33.4 Å². The van der Waals surface area contributed by atoms with Crippen LogP contribution in [0.1, 0.15) is 12.6 Å². The Kier molecular flexibility index (Phi) is 4.99. The number of aliphatic hydroxyl groups is 1. The lowest BCUT2D eigenvalue weighted by atomic mass is 10.1. The average molecular weight is 379 g/mol. The minimum absolute atomic E-state index is 0.404. The summed E-state index contributed by atoms with van der Waals surface area (Å²) in [6.45, 7) is 2.84. The van der Waals surface area contributed by atoms with Crippen molar-refractivity contribution in [3.8, 4) is 11.3 Å². The van der Waals surface area contributed by atoms with Crippen LogP contribution in [0.15, 0.2) is 54.6 Å². The van der Waals surface area contributed by atoms with E-state index in [1.165, 1.54) is 0 Å². The molecular weight excluding hydrogens is 360 g/mol. The number of hydrogen-bond acceptors (Lipinski definition) is 5. The molecule has 0 saturated carbocycles. The average Bonchev–Trinajstić information content (AvgIpc) is 2.68. The van der Waals surface area contributed by atoms with Crippen LogP contribution in [-0.2, 0) is 6.54 Å². The summed E-state index contributed by atoms with van der Waals surface area (Å²) >= 11 is 5.98. The van der Waals surface area contributed by atoms with Gasteiger partial charge in [0, 0.05) is 34.4 Å². The monoisotopic (exact) mass is 378 g/mol. The highest BCUT2D eigenvalue weighted by Gasteiger charge is 2.11. The smallest absolute Gasteiger partial charge is 0.119 e. The Labute approximate surface area is 162 Å². The van der Waals surface area contributed by atoms with E-state index in [1.54, 1.807) is 6.92 Å². The van der Waals surface area contributed by atoms with E-state index in [4.69, 9.17) is 16.6 Å². The molecule has 2 heterocycles. The molecule has 0 fully saturated rings. The molecule has 1 atom stereocenters. The van der Waals surface area contributed by atoms with E-state index < -0.39 is 6.10 Å². The van der Waals surface area contributed by atoms with Gasteiger partial charge in [0.2, 0.25) is 0 Å². The number of aliphatic hydroxyl groups excluding tert-OH is 1. The zero-order valence-electron chi connectivity index (χ0n) is 14.9. The van der Waals surface area contributed by atoms with Gasteiger partial charge in [0.15, 0.2) is 0 Å². The molecule has 0 aliphatic rings. The highest BCUT2D eigenvalue weighted by molar-refractivity contribution is 6.30. The summed E-state index contributed by atoms with van der Waals surface area (Å²) in [6.07, 6.45) is -0.404. The third-order valence-electron chi connectivity index (χ3n) is 4.39. The van der Waals surface area contributed by atoms with Crippen molar-refractivity contribution in [2.45, 2.75) is 19.6 Å². The molecule has 0 aliphatic carbocycles. The van der Waals surface area contributed by atoms with Gasteiger partial charge in [-0.25, -0.2) is 4.98 Å². The first-order chi connectivity index (χ1) is 13.1. The van der Waals surface area contributed by atoms with Gasteiger partial charge in [-0.2, -0.15) is 0 Å². The molecule has 6 heteroatoms. The molecule has 0 radical (unpaired) electrons. The SMILES string of the molecule is CC(O)CNCc1nc2cc(-c3ccc(Cl)cc3)nnc2c2ccccc12. The van der Waals surface area contributed by atoms with Gasteiger partial charge in [0.05, 0.1) is 23.0 Å². The number of fused-ring (bicyclic) bond motifs is 3. The molecule has 4 aromatic rings. The second-order valence-electron chi connectivity index (χ2n) is 6.55. The molecule has 1 unspecified atom stereocenters. The van der Waals surface area contributed by atoms with E-state index in [-0.39, 0.29) is 0 Å². The molecule has 2 N–H and O–H groups in total. The third kappa shape index (κ3) is 3.76. The first-order valence-electron chi connectivity index (χ1n) is 8.81. The van der Waals surface area contributed by atoms with Crippen molar-refractivity contribution in [3.63, 3.8) is 0 Å². The third-order valence-corrected chi connectivity index (χ3v) is 4.65. The highest BCUT2D eigenvalue weighted by Crippen LogP contribution is 2.27. The van der Waals surface area contributed by atoms with Gasteiger partial charge >= 0.3 is 0 Å². The second kappa shape index (κ2) is 7.56. The van der Waals surface area contributed by atoms with E-state index in [2.05, 4.69) is 15.5 Å². The molecule has 27 heavy (non-hydrogen) atoms. The Morgan fingerprint density at radius 2 is 1.78 bits per heavy atom. The van der Waals surface area contributed by atoms with Crippen molar-refractivity contribution in [1.29, 1.82) is 0 Å². The summed E-state index contributed by atoms with van der Waals surface area (Å²) in [5.74, 6) is 0. The van der Waals surface area contributed by atoms with Gasteiger partial charge in [-0.05, 0) is 25.1 Å². The molecular formula is C21H19ClN4O. The number of rotatable bonds is 5. The van der Waals surface area contributed by atoms with Crippen LogP contribution in [0.5, 0.6) is 0 Å². The lowest BCUT2D eigenvalue weighted by Crippen LogP contribution is -2.24. The molecule has 0 spiro atoms. The molecule has 5 nitrogen and oxygen atoms in total. The Balaban J connectivity index is 1.82. The Morgan fingerprint density at radius 1 is 1.04 bits per heavy atom. The van der Waals surface area contributed by atoms with Crippen molar-refractivity contribution < 1.29 is 5.11 Å². The fraction of sp³-hybridized carbons (Fsp3) is 0.190. The molecule has 136 valence electrons. The van der Waals surface area contributed by atoms with Gasteiger partial charge in [0.1, 0.15) is 5.52 Å². The number of nitrogens with one attached hydrogen (secondary N) is 1. The summed E-state index contributed by atoms with van der Waals surface area (Å²) in [5, 5.41) is 24.3. The predicted octanol–water partition coefficient (Wildman–Crippen LogP) is 3.97. The molecule has 0 aliphatic heterocycles. The van der Waals surface area contributed by atoms with Crippen LogP contribution >= 0.6 is 11.6 Å². The van der Waals surface area contributed by atoms with Crippen LogP contribution in [-0.4, -0.2) is 32.9 Å². The number of hydrogen-bond donors (Lipinski definition) is 2. The molecule has 2 aromatic heterocycles. The summed E-state index contributed by atoms with van der Waals surface area (Å²) in [4.78, 5) is 4.83. The van der Waals surface area contributed by atoms with Gasteiger partial charge in [-0.15, -0.1) is 10.2 Å². The zero-order chi connectivity index (χ0) is 18.8. The Bertz CT molecular complexity index is 1100. The van der Waals surface area contributed by atoms with Gasteiger partial charge in [0.25, 0.3) is 0 Å². The van der Waals surface area contributed by atoms with Crippen molar-refractivity contribution in [1.82, 2.24) is 20.5 Å². The van der Waals surface area contributed by atoms with Gasteiger partial charge in [-0.3, -0.25) is 0 Å². The van der Waals surface area contributed by atoms with Crippen LogP contribution in [0.4, 0.5) is 0 Å². The summed E-state index contributed by atoms with van der Waals surface area (Å²) < 4.78 is 0. The van der Waals surface area contributed by atoms with Gasteiger partial charge < -0.3 is 10.4 Å². The van der Waals surface area contributed by atoms with Crippen LogP contribution in [0.3, 0.4) is 0 Å². The fourth-order valence-corrected chi connectivity index (χ4v) is 3.23. The van der Waals surface area contributed by atoms with Crippen LogP contribution in [0, 0.1) is 0 Å². The standard InChI is InChI=1S/C21H19ClN4O/c1-13(27)11-23-12-20-16-4-2-3-5-17(16)21-19(24-20)10-18(25-26-21)14-6-8-15(22)9-7-14/h2-10,13,23,27H,11-12H2,1H3. The molecule has 0 amide bonds. The van der Waals surface area contributed by atoms with Crippen LogP contribution in [0.2, 0.25) is 5.02 Å². The Hall–Kier alpha value is -2.60. The summed E-state index contributed by atoms with van der Waals surface area (Å²) in [5.41, 5.74) is 4.20. The molecule has 0 saturated heterocycles. The van der Waals surface area contributed by atoms with Crippen LogP contribution in [0.25, 0.3) is 33.1 Å². The maximum absolute atomic E-state index is 9.49. The van der Waals surface area contributed by atoms with E-state index in [9.17, 15) is 5.11 Å². The highest BCUT2D eigenvalue weighted by atomic mass is 35.5. The topological polar surface area (TPSA) is 70.9 Å². The number of aromatic nitrogens is 3. The zero-order valence-corrected chi connectivity index (χ0v) is 15.6. The second-order valence-corrected chi connectivity index (χ2v) is 6.99. The molecule has 4 rings (SSSR count). The van der Waals surface area contributed by atoms with Crippen molar-refractivity contribution in [2.75, 3.05) is 6.54 Å². The maximum atomic E-state index is 9.49. The quantitative estimate of drug-likeness (QED) is 0.514. The number of benzene rings is 2. The lowest BCUT2D eigenvalue weighted by molar-refractivity contribution is 0.191. The number of nitrogens with zero attached hydrogens (tertiary/aromatic N) is 3. The maximum Gasteiger partial charge on any atom is 0.119 e. The van der Waals surface area contributed by atoms with E-state index in [0.717, 1.165) is 38.8 Å². The molecule has 2 aromatic carbocycles. The minimum Gasteiger partial charge on any atom is -0.392 e. The first-order valence-corrected chi connectivity index (χ1v) is 9.19. The van der Waals surface area contributed by atoms with Gasteiger partial charge in [-0.1, -0.05) is 48.0 Å². The predicted molar refractivity (Wildman–Crippen MR) is 109 cm³/mol. The van der Waals surface area contributed by atoms with E-state index in [1.807, 2.05) is 54.6 Å². The van der Waals surface area contributed by atoms with Crippen LogP contribution < -0.4 is 5.32 Å². The largest absolute Gasteiger partial charge is 0.392 e. The fourth-order valence-electron chi connectivity index (χ4n) is 3.10. The Morgan fingerprint density at radius 3 is 2.52 bits per heavy atom. The first kappa shape index (κ1) is 17.8. The lowest BCUT2D eigenvalue weighted by Gasteiger charge is -2.11. The summed E-state index contributed by atoms with van der Waals surface area (Å²) in [7, 11) is 0. The number of halogens is 1. The van der Waals surface area contributed by atoms with Crippen molar-refractivity contribution in [2.24, 2.45) is 0 Å². The normalized spacial score (nSPS) is 12.6. The number of pyridine rings is 1.